The SMILES string of the molecule is CC1(C)COCCN1CCCC(=O)c1cccs1. The number of rotatable bonds is 5. The van der Waals surface area contributed by atoms with E-state index < -0.39 is 0 Å². The molecule has 0 saturated carbocycles. The fourth-order valence-corrected chi connectivity index (χ4v) is 2.99. The van der Waals surface area contributed by atoms with Crippen molar-refractivity contribution in [1.82, 2.24) is 4.90 Å². The van der Waals surface area contributed by atoms with Crippen LogP contribution >= 0.6 is 11.3 Å². The Morgan fingerprint density at radius 1 is 1.56 bits per heavy atom. The Bertz CT molecular complexity index is 387. The third kappa shape index (κ3) is 3.40. The quantitative estimate of drug-likeness (QED) is 0.768. The van der Waals surface area contributed by atoms with Crippen molar-refractivity contribution >= 4 is 17.1 Å². The summed E-state index contributed by atoms with van der Waals surface area (Å²) in [5.74, 6) is 0.274. The number of hydrogen-bond donors (Lipinski definition) is 0. The zero-order valence-corrected chi connectivity index (χ0v) is 12.0. The van der Waals surface area contributed by atoms with E-state index in [2.05, 4.69) is 18.7 Å². The van der Waals surface area contributed by atoms with Gasteiger partial charge in [0.15, 0.2) is 5.78 Å². The van der Waals surface area contributed by atoms with Crippen LogP contribution in [0, 0.1) is 0 Å². The lowest BCUT2D eigenvalue weighted by Gasteiger charge is -2.42. The van der Waals surface area contributed by atoms with E-state index in [1.165, 1.54) is 11.3 Å². The summed E-state index contributed by atoms with van der Waals surface area (Å²) in [6.07, 6.45) is 1.58. The number of hydrogen-bond acceptors (Lipinski definition) is 4. The minimum atomic E-state index is 0.101. The zero-order valence-electron chi connectivity index (χ0n) is 11.1. The van der Waals surface area contributed by atoms with E-state index in [0.717, 1.165) is 37.6 Å². The first-order valence-electron chi connectivity index (χ1n) is 6.49. The van der Waals surface area contributed by atoms with Crippen molar-refractivity contribution in [2.45, 2.75) is 32.2 Å². The summed E-state index contributed by atoms with van der Waals surface area (Å²) < 4.78 is 5.49. The Hall–Kier alpha value is -0.710. The molecule has 0 bridgehead atoms. The summed E-state index contributed by atoms with van der Waals surface area (Å²) >= 11 is 1.53. The predicted molar refractivity (Wildman–Crippen MR) is 74.4 cm³/mol. The van der Waals surface area contributed by atoms with Crippen LogP contribution in [0.25, 0.3) is 0 Å². The number of nitrogens with zero attached hydrogens (tertiary/aromatic N) is 1. The Kier molecular flexibility index (Phi) is 4.54. The molecule has 0 aliphatic carbocycles. The van der Waals surface area contributed by atoms with Crippen molar-refractivity contribution in [3.8, 4) is 0 Å². The lowest BCUT2D eigenvalue weighted by Crippen LogP contribution is -2.53. The van der Waals surface area contributed by atoms with Crippen LogP contribution < -0.4 is 0 Å². The largest absolute Gasteiger partial charge is 0.378 e. The maximum atomic E-state index is 11.9. The Morgan fingerprint density at radius 2 is 2.39 bits per heavy atom. The van der Waals surface area contributed by atoms with Crippen LogP contribution in [0.4, 0.5) is 0 Å². The molecule has 0 aromatic carbocycles. The van der Waals surface area contributed by atoms with Crippen LogP contribution in [0.15, 0.2) is 17.5 Å². The molecule has 2 heterocycles. The summed E-state index contributed by atoms with van der Waals surface area (Å²) in [4.78, 5) is 15.2. The zero-order chi connectivity index (χ0) is 13.0. The molecule has 0 unspecified atom stereocenters. The normalized spacial score (nSPS) is 19.9. The third-order valence-corrected chi connectivity index (χ3v) is 4.36. The van der Waals surface area contributed by atoms with Gasteiger partial charge in [-0.15, -0.1) is 11.3 Å². The minimum Gasteiger partial charge on any atom is -0.378 e. The highest BCUT2D eigenvalue weighted by molar-refractivity contribution is 7.12. The van der Waals surface area contributed by atoms with Gasteiger partial charge in [0.05, 0.1) is 18.1 Å². The van der Waals surface area contributed by atoms with Gasteiger partial charge in [-0.25, -0.2) is 0 Å². The maximum absolute atomic E-state index is 11.9. The molecule has 1 aliphatic rings. The van der Waals surface area contributed by atoms with Crippen LogP contribution in [0.3, 0.4) is 0 Å². The lowest BCUT2D eigenvalue weighted by molar-refractivity contribution is -0.0511. The molecule has 18 heavy (non-hydrogen) atoms. The topological polar surface area (TPSA) is 29.5 Å². The van der Waals surface area contributed by atoms with Crippen LogP contribution in [0.1, 0.15) is 36.4 Å². The van der Waals surface area contributed by atoms with Gasteiger partial charge in [-0.05, 0) is 38.3 Å². The molecule has 1 saturated heterocycles. The van der Waals surface area contributed by atoms with Crippen molar-refractivity contribution < 1.29 is 9.53 Å². The van der Waals surface area contributed by atoms with Crippen molar-refractivity contribution in [3.63, 3.8) is 0 Å². The van der Waals surface area contributed by atoms with Crippen molar-refractivity contribution in [3.05, 3.63) is 22.4 Å². The van der Waals surface area contributed by atoms with Gasteiger partial charge >= 0.3 is 0 Å². The Labute approximate surface area is 113 Å². The standard InChI is InChI=1S/C14H21NO2S/c1-14(2)11-17-9-8-15(14)7-3-5-12(16)13-6-4-10-18-13/h4,6,10H,3,5,7-9,11H2,1-2H3. The minimum absolute atomic E-state index is 0.101. The second-order valence-electron chi connectivity index (χ2n) is 5.36. The predicted octanol–water partition coefficient (Wildman–Crippen LogP) is 2.82. The number of carbonyl (C=O) groups is 1. The van der Waals surface area contributed by atoms with Gasteiger partial charge < -0.3 is 4.74 Å². The highest BCUT2D eigenvalue weighted by Gasteiger charge is 2.29. The van der Waals surface area contributed by atoms with E-state index in [-0.39, 0.29) is 11.3 Å². The van der Waals surface area contributed by atoms with Gasteiger partial charge in [-0.1, -0.05) is 6.07 Å². The van der Waals surface area contributed by atoms with Gasteiger partial charge in [0.1, 0.15) is 0 Å². The van der Waals surface area contributed by atoms with Crippen molar-refractivity contribution in [1.29, 1.82) is 0 Å². The van der Waals surface area contributed by atoms with Crippen LogP contribution in [0.2, 0.25) is 0 Å². The molecule has 0 atom stereocenters. The van der Waals surface area contributed by atoms with E-state index in [1.807, 2.05) is 17.5 Å². The van der Waals surface area contributed by atoms with Crippen LogP contribution in [0.5, 0.6) is 0 Å². The molecule has 1 aliphatic heterocycles. The molecular formula is C14H21NO2S. The van der Waals surface area contributed by atoms with E-state index in [9.17, 15) is 4.79 Å². The lowest BCUT2D eigenvalue weighted by atomic mass is 10.0. The van der Waals surface area contributed by atoms with Gasteiger partial charge in [-0.3, -0.25) is 9.69 Å². The first kappa shape index (κ1) is 13.7. The summed E-state index contributed by atoms with van der Waals surface area (Å²) in [6, 6.07) is 3.84. The van der Waals surface area contributed by atoms with Crippen molar-refractivity contribution in [2.24, 2.45) is 0 Å². The second kappa shape index (κ2) is 5.95. The fraction of sp³-hybridized carbons (Fsp3) is 0.643. The highest BCUT2D eigenvalue weighted by Crippen LogP contribution is 2.20. The number of carbonyl (C=O) groups excluding carboxylic acids is 1. The molecule has 3 nitrogen and oxygen atoms in total. The monoisotopic (exact) mass is 267 g/mol. The van der Waals surface area contributed by atoms with Crippen LogP contribution in [-0.2, 0) is 4.74 Å². The van der Waals surface area contributed by atoms with Gasteiger partial charge in [0.25, 0.3) is 0 Å². The van der Waals surface area contributed by atoms with E-state index in [1.54, 1.807) is 0 Å². The first-order valence-corrected chi connectivity index (χ1v) is 7.37. The van der Waals surface area contributed by atoms with E-state index in [4.69, 9.17) is 4.74 Å². The van der Waals surface area contributed by atoms with Gasteiger partial charge in [0, 0.05) is 18.5 Å². The highest BCUT2D eigenvalue weighted by atomic mass is 32.1. The average Bonchev–Trinajstić information content (AvgIpc) is 2.84. The molecule has 1 fully saturated rings. The number of Topliss-reactive ketones (excluding diaryl/α,β-unsaturated/α-hetero) is 1. The Balaban J connectivity index is 1.76. The first-order chi connectivity index (χ1) is 8.59. The van der Waals surface area contributed by atoms with Gasteiger partial charge in [-0.2, -0.15) is 0 Å². The average molecular weight is 267 g/mol. The molecule has 2 rings (SSSR count). The fourth-order valence-electron chi connectivity index (χ4n) is 2.30. The van der Waals surface area contributed by atoms with Crippen molar-refractivity contribution in [2.75, 3.05) is 26.3 Å². The number of ether oxygens (including phenoxy) is 1. The molecule has 0 amide bonds. The molecule has 1 aromatic rings. The molecule has 100 valence electrons. The summed E-state index contributed by atoms with van der Waals surface area (Å²) in [6.45, 7) is 7.95. The maximum Gasteiger partial charge on any atom is 0.172 e. The molecular weight excluding hydrogens is 246 g/mol. The summed E-state index contributed by atoms with van der Waals surface area (Å²) in [5.41, 5.74) is 0.101. The smallest absolute Gasteiger partial charge is 0.172 e. The number of thiophene rings is 1. The number of ketones is 1. The molecule has 4 heteroatoms. The van der Waals surface area contributed by atoms with Crippen LogP contribution in [-0.4, -0.2) is 42.5 Å². The van der Waals surface area contributed by atoms with Gasteiger partial charge in [0.2, 0.25) is 0 Å². The summed E-state index contributed by atoms with van der Waals surface area (Å²) in [7, 11) is 0. The second-order valence-corrected chi connectivity index (χ2v) is 6.30. The summed E-state index contributed by atoms with van der Waals surface area (Å²) in [5, 5.41) is 1.96. The molecule has 0 radical (unpaired) electrons. The molecule has 0 N–H and O–H groups in total. The Morgan fingerprint density at radius 3 is 3.06 bits per heavy atom. The molecule has 1 aromatic heterocycles. The molecule has 0 spiro atoms. The van der Waals surface area contributed by atoms with E-state index in [0.29, 0.717) is 6.42 Å². The third-order valence-electron chi connectivity index (χ3n) is 3.44. The number of morpholine rings is 1. The van der Waals surface area contributed by atoms with E-state index >= 15 is 0 Å².